The van der Waals surface area contributed by atoms with Gasteiger partial charge in [-0.15, -0.1) is 0 Å². The maximum Gasteiger partial charge on any atom is 0.315 e. The highest BCUT2D eigenvalue weighted by Gasteiger charge is 2.47. The van der Waals surface area contributed by atoms with Crippen LogP contribution in [-0.2, 0) is 9.53 Å². The normalized spacial score (nSPS) is 31.6. The first kappa shape index (κ1) is 15.1. The molecule has 20 heavy (non-hydrogen) atoms. The van der Waals surface area contributed by atoms with E-state index in [2.05, 4.69) is 10.6 Å². The van der Waals surface area contributed by atoms with E-state index in [0.717, 1.165) is 25.7 Å². The third kappa shape index (κ3) is 3.42. The number of rotatable bonds is 3. The third-order valence-electron chi connectivity index (χ3n) is 4.44. The Hall–Kier alpha value is -1.30. The Balaban J connectivity index is 1.86. The van der Waals surface area contributed by atoms with Gasteiger partial charge in [0.2, 0.25) is 0 Å². The fourth-order valence-electron chi connectivity index (χ4n) is 2.89. The fraction of sp³-hybridized carbons (Fsp3) is 0.857. The number of nitrogens with one attached hydrogen (secondary N) is 2. The third-order valence-corrected chi connectivity index (χ3v) is 4.44. The van der Waals surface area contributed by atoms with Crippen LogP contribution < -0.4 is 10.6 Å². The molecule has 2 unspecified atom stereocenters. The molecule has 1 saturated carbocycles. The largest absolute Gasteiger partial charge is 0.481 e. The number of carbonyl (C=O) groups excluding carboxylic acids is 1. The molecule has 2 aliphatic rings. The Morgan fingerprint density at radius 2 is 1.80 bits per heavy atom. The van der Waals surface area contributed by atoms with E-state index in [1.807, 2.05) is 0 Å². The van der Waals surface area contributed by atoms with Gasteiger partial charge in [-0.25, -0.2) is 4.79 Å². The minimum Gasteiger partial charge on any atom is -0.481 e. The molecule has 0 aromatic rings. The molecular formula is C14H24N2O4. The van der Waals surface area contributed by atoms with Crippen LogP contribution in [0.3, 0.4) is 0 Å². The van der Waals surface area contributed by atoms with Gasteiger partial charge in [-0.3, -0.25) is 4.79 Å². The van der Waals surface area contributed by atoms with Crippen molar-refractivity contribution in [3.8, 4) is 0 Å². The molecule has 1 aliphatic heterocycles. The molecule has 2 rings (SSSR count). The highest BCUT2D eigenvalue weighted by Crippen LogP contribution is 2.28. The fourth-order valence-corrected chi connectivity index (χ4v) is 2.89. The van der Waals surface area contributed by atoms with Crippen molar-refractivity contribution < 1.29 is 19.4 Å². The average Bonchev–Trinajstić information content (AvgIpc) is 2.62. The smallest absolute Gasteiger partial charge is 0.315 e. The second-order valence-corrected chi connectivity index (χ2v) is 6.10. The topological polar surface area (TPSA) is 87.7 Å². The molecule has 1 aliphatic carbocycles. The molecular weight excluding hydrogens is 260 g/mol. The Bertz CT molecular complexity index is 366. The number of carboxylic acid groups (broad SMARTS) is 1. The van der Waals surface area contributed by atoms with Crippen molar-refractivity contribution >= 4 is 12.0 Å². The van der Waals surface area contributed by atoms with Crippen LogP contribution in [0.15, 0.2) is 0 Å². The van der Waals surface area contributed by atoms with Crippen LogP contribution in [0.2, 0.25) is 0 Å². The molecule has 114 valence electrons. The minimum atomic E-state index is -1.04. The number of carbonyl (C=O) groups is 2. The molecule has 2 atom stereocenters. The van der Waals surface area contributed by atoms with Crippen molar-refractivity contribution in [1.29, 1.82) is 0 Å². The second-order valence-electron chi connectivity index (χ2n) is 6.10. The van der Waals surface area contributed by atoms with Crippen molar-refractivity contribution in [1.82, 2.24) is 10.6 Å². The summed E-state index contributed by atoms with van der Waals surface area (Å²) >= 11 is 0. The zero-order valence-corrected chi connectivity index (χ0v) is 12.0. The molecule has 6 heteroatoms. The van der Waals surface area contributed by atoms with Crippen molar-refractivity contribution in [2.24, 2.45) is 5.41 Å². The van der Waals surface area contributed by atoms with Crippen molar-refractivity contribution in [3.63, 3.8) is 0 Å². The van der Waals surface area contributed by atoms with E-state index in [0.29, 0.717) is 0 Å². The van der Waals surface area contributed by atoms with Crippen molar-refractivity contribution in [2.75, 3.05) is 13.2 Å². The molecule has 2 amide bonds. The Kier molecular flexibility index (Phi) is 4.86. The van der Waals surface area contributed by atoms with Gasteiger partial charge in [0.25, 0.3) is 0 Å². The summed E-state index contributed by atoms with van der Waals surface area (Å²) in [6.45, 7) is 2.00. The Morgan fingerprint density at radius 3 is 2.40 bits per heavy atom. The molecule has 1 saturated heterocycles. The quantitative estimate of drug-likeness (QED) is 0.685. The average molecular weight is 284 g/mol. The zero-order chi connectivity index (χ0) is 14.6. The summed E-state index contributed by atoms with van der Waals surface area (Å²) < 4.78 is 5.22. The van der Waals surface area contributed by atoms with E-state index in [-0.39, 0.29) is 25.3 Å². The number of ether oxygens (including phenoxy) is 1. The van der Waals surface area contributed by atoms with Crippen LogP contribution >= 0.6 is 0 Å². The first-order valence-corrected chi connectivity index (χ1v) is 7.40. The number of carboxylic acids is 1. The Labute approximate surface area is 119 Å². The van der Waals surface area contributed by atoms with Gasteiger partial charge in [-0.1, -0.05) is 25.7 Å². The van der Waals surface area contributed by atoms with Crippen LogP contribution in [0, 0.1) is 5.41 Å². The molecule has 1 heterocycles. The number of urea groups is 1. The van der Waals surface area contributed by atoms with Crippen LogP contribution in [0.4, 0.5) is 4.79 Å². The van der Waals surface area contributed by atoms with E-state index in [1.54, 1.807) is 6.92 Å². The summed E-state index contributed by atoms with van der Waals surface area (Å²) in [6, 6.07) is -0.554. The minimum absolute atomic E-state index is 0.136. The van der Waals surface area contributed by atoms with Gasteiger partial charge < -0.3 is 20.5 Å². The maximum absolute atomic E-state index is 12.0. The lowest BCUT2D eigenvalue weighted by Crippen LogP contribution is -2.53. The SMILES string of the molecule is CC1(C(=O)O)COCC1NC(=O)NC1CCCCCC1. The molecule has 3 N–H and O–H groups in total. The lowest BCUT2D eigenvalue weighted by Gasteiger charge is -2.26. The summed E-state index contributed by atoms with van der Waals surface area (Å²) in [4.78, 5) is 23.3. The second kappa shape index (κ2) is 6.43. The monoisotopic (exact) mass is 284 g/mol. The molecule has 0 aromatic carbocycles. The lowest BCUT2D eigenvalue weighted by molar-refractivity contribution is -0.148. The van der Waals surface area contributed by atoms with Gasteiger partial charge in [0, 0.05) is 6.04 Å². The molecule has 0 aromatic heterocycles. The zero-order valence-electron chi connectivity index (χ0n) is 12.0. The van der Waals surface area contributed by atoms with E-state index >= 15 is 0 Å². The number of hydrogen-bond donors (Lipinski definition) is 3. The first-order valence-electron chi connectivity index (χ1n) is 7.40. The predicted molar refractivity (Wildman–Crippen MR) is 73.5 cm³/mol. The van der Waals surface area contributed by atoms with Crippen LogP contribution in [0.5, 0.6) is 0 Å². The summed E-state index contributed by atoms with van der Waals surface area (Å²) in [7, 11) is 0. The van der Waals surface area contributed by atoms with Gasteiger partial charge >= 0.3 is 12.0 Å². The van der Waals surface area contributed by atoms with E-state index < -0.39 is 17.4 Å². The van der Waals surface area contributed by atoms with Gasteiger partial charge in [-0.2, -0.15) is 0 Å². The van der Waals surface area contributed by atoms with Crippen LogP contribution in [0.1, 0.15) is 45.4 Å². The highest BCUT2D eigenvalue weighted by atomic mass is 16.5. The van der Waals surface area contributed by atoms with Crippen LogP contribution in [-0.4, -0.2) is 42.4 Å². The summed E-state index contributed by atoms with van der Waals surface area (Å²) in [5.74, 6) is -0.935. The van der Waals surface area contributed by atoms with Gasteiger partial charge in [0.1, 0.15) is 5.41 Å². The van der Waals surface area contributed by atoms with Crippen molar-refractivity contribution in [3.05, 3.63) is 0 Å². The number of aliphatic carboxylic acids is 1. The number of amides is 2. The summed E-state index contributed by atoms with van der Waals surface area (Å²) in [5.41, 5.74) is -1.04. The number of hydrogen-bond acceptors (Lipinski definition) is 3. The van der Waals surface area contributed by atoms with E-state index in [9.17, 15) is 14.7 Å². The van der Waals surface area contributed by atoms with E-state index in [4.69, 9.17) is 4.74 Å². The molecule has 0 radical (unpaired) electrons. The summed E-state index contributed by atoms with van der Waals surface area (Å²) in [5, 5.41) is 15.0. The van der Waals surface area contributed by atoms with Gasteiger partial charge in [0.15, 0.2) is 0 Å². The first-order chi connectivity index (χ1) is 9.52. The predicted octanol–water partition coefficient (Wildman–Crippen LogP) is 1.50. The molecule has 2 fully saturated rings. The molecule has 6 nitrogen and oxygen atoms in total. The standard InChI is InChI=1S/C14H24N2O4/c1-14(12(17)18)9-20-8-11(14)16-13(19)15-10-6-4-2-3-5-7-10/h10-11H,2-9H2,1H3,(H,17,18)(H2,15,16,19). The van der Waals surface area contributed by atoms with E-state index in [1.165, 1.54) is 12.8 Å². The lowest BCUT2D eigenvalue weighted by atomic mass is 9.85. The van der Waals surface area contributed by atoms with Gasteiger partial charge in [-0.05, 0) is 19.8 Å². The maximum atomic E-state index is 12.0. The molecule has 0 spiro atoms. The molecule has 0 bridgehead atoms. The summed E-state index contributed by atoms with van der Waals surface area (Å²) in [6.07, 6.45) is 6.75. The van der Waals surface area contributed by atoms with Gasteiger partial charge in [0.05, 0.1) is 19.3 Å². The van der Waals surface area contributed by atoms with Crippen LogP contribution in [0.25, 0.3) is 0 Å². The highest BCUT2D eigenvalue weighted by molar-refractivity contribution is 5.79. The van der Waals surface area contributed by atoms with Crippen molar-refractivity contribution in [2.45, 2.75) is 57.5 Å². The Morgan fingerprint density at radius 1 is 1.15 bits per heavy atom.